The van der Waals surface area contributed by atoms with Crippen LogP contribution in [0.1, 0.15) is 51.9 Å². The molecule has 0 unspecified atom stereocenters. The van der Waals surface area contributed by atoms with Crippen molar-refractivity contribution in [1.82, 2.24) is 4.31 Å². The monoisotopic (exact) mass is 317 g/mol. The fourth-order valence-electron chi connectivity index (χ4n) is 3.40. The van der Waals surface area contributed by atoms with Gasteiger partial charge < -0.3 is 4.74 Å². The van der Waals surface area contributed by atoms with Gasteiger partial charge in [0.15, 0.2) is 0 Å². The van der Waals surface area contributed by atoms with Gasteiger partial charge in [0.1, 0.15) is 0 Å². The van der Waals surface area contributed by atoms with Crippen molar-refractivity contribution < 1.29 is 17.9 Å². The molecule has 0 radical (unpaired) electrons. The molecule has 0 amide bonds. The Morgan fingerprint density at radius 3 is 2.52 bits per heavy atom. The zero-order chi connectivity index (χ0) is 15.3. The van der Waals surface area contributed by atoms with Gasteiger partial charge in [-0.25, -0.2) is 12.7 Å². The predicted molar refractivity (Wildman–Crippen MR) is 81.3 cm³/mol. The number of carbonyl (C=O) groups is 1. The van der Waals surface area contributed by atoms with Gasteiger partial charge in [-0.05, 0) is 38.5 Å². The van der Waals surface area contributed by atoms with Crippen molar-refractivity contribution in [3.8, 4) is 0 Å². The first-order valence-corrected chi connectivity index (χ1v) is 9.78. The molecule has 0 spiro atoms. The highest BCUT2D eigenvalue weighted by atomic mass is 32.2. The summed E-state index contributed by atoms with van der Waals surface area (Å²) >= 11 is 0. The first-order valence-electron chi connectivity index (χ1n) is 8.17. The Labute approximate surface area is 128 Å². The Bertz CT molecular complexity index is 443. The highest BCUT2D eigenvalue weighted by Gasteiger charge is 2.34. The lowest BCUT2D eigenvalue weighted by atomic mass is 9.91. The molecule has 5 nitrogen and oxygen atoms in total. The van der Waals surface area contributed by atoms with Crippen LogP contribution in [0.25, 0.3) is 0 Å². The second-order valence-corrected chi connectivity index (χ2v) is 8.25. The molecule has 1 aliphatic carbocycles. The minimum atomic E-state index is -3.24. The van der Waals surface area contributed by atoms with Crippen molar-refractivity contribution in [2.24, 2.45) is 11.8 Å². The van der Waals surface area contributed by atoms with E-state index < -0.39 is 10.0 Å². The third kappa shape index (κ3) is 4.68. The van der Waals surface area contributed by atoms with Crippen LogP contribution in [0.4, 0.5) is 0 Å². The van der Waals surface area contributed by atoms with E-state index in [9.17, 15) is 13.2 Å². The average molecular weight is 317 g/mol. The minimum Gasteiger partial charge on any atom is -0.466 e. The summed E-state index contributed by atoms with van der Waals surface area (Å²) in [6.45, 7) is 2.97. The molecular weight excluding hydrogens is 290 g/mol. The van der Waals surface area contributed by atoms with Crippen LogP contribution in [0, 0.1) is 11.8 Å². The van der Waals surface area contributed by atoms with Crippen LogP contribution in [0.15, 0.2) is 0 Å². The normalized spacial score (nSPS) is 25.7. The molecule has 1 aliphatic heterocycles. The lowest BCUT2D eigenvalue weighted by Crippen LogP contribution is -2.44. The fourth-order valence-corrected chi connectivity index (χ4v) is 5.36. The third-order valence-electron chi connectivity index (χ3n) is 4.57. The van der Waals surface area contributed by atoms with Crippen LogP contribution in [0.2, 0.25) is 0 Å². The largest absolute Gasteiger partial charge is 0.466 e. The molecule has 21 heavy (non-hydrogen) atoms. The van der Waals surface area contributed by atoms with Crippen LogP contribution in [0.5, 0.6) is 0 Å². The molecule has 0 aromatic rings. The van der Waals surface area contributed by atoms with Gasteiger partial charge in [0, 0.05) is 13.1 Å². The molecule has 2 rings (SSSR count). The van der Waals surface area contributed by atoms with Gasteiger partial charge in [-0.3, -0.25) is 4.79 Å². The molecule has 1 saturated heterocycles. The van der Waals surface area contributed by atoms with E-state index in [0.29, 0.717) is 25.6 Å². The summed E-state index contributed by atoms with van der Waals surface area (Å²) in [7, 11) is -3.24. The number of piperidine rings is 1. The van der Waals surface area contributed by atoms with Gasteiger partial charge in [-0.15, -0.1) is 0 Å². The van der Waals surface area contributed by atoms with E-state index in [4.69, 9.17) is 4.74 Å². The maximum Gasteiger partial charge on any atom is 0.310 e. The van der Waals surface area contributed by atoms with Gasteiger partial charge in [-0.1, -0.05) is 19.3 Å². The maximum absolute atomic E-state index is 12.6. The number of ether oxygens (including phenoxy) is 1. The number of hydrogen-bond donors (Lipinski definition) is 0. The van der Waals surface area contributed by atoms with Crippen molar-refractivity contribution in [1.29, 1.82) is 0 Å². The number of nitrogens with zero attached hydrogens (tertiary/aromatic N) is 1. The van der Waals surface area contributed by atoms with Gasteiger partial charge >= 0.3 is 5.97 Å². The van der Waals surface area contributed by atoms with Gasteiger partial charge in [0.2, 0.25) is 10.0 Å². The first-order chi connectivity index (χ1) is 10.0. The van der Waals surface area contributed by atoms with Crippen LogP contribution >= 0.6 is 0 Å². The Morgan fingerprint density at radius 1 is 1.14 bits per heavy atom. The van der Waals surface area contributed by atoms with Crippen LogP contribution in [-0.4, -0.2) is 44.1 Å². The fraction of sp³-hybridized carbons (Fsp3) is 0.933. The average Bonchev–Trinajstić information content (AvgIpc) is 2.48. The molecule has 1 heterocycles. The number of sulfonamides is 1. The number of hydrogen-bond acceptors (Lipinski definition) is 4. The number of rotatable bonds is 5. The Kier molecular flexibility index (Phi) is 6.05. The zero-order valence-electron chi connectivity index (χ0n) is 12.9. The molecule has 1 saturated carbocycles. The highest BCUT2D eigenvalue weighted by molar-refractivity contribution is 7.89. The van der Waals surface area contributed by atoms with E-state index in [1.807, 2.05) is 0 Å². The Morgan fingerprint density at radius 2 is 1.86 bits per heavy atom. The second-order valence-electron chi connectivity index (χ2n) is 6.23. The molecule has 0 aromatic heterocycles. The Balaban J connectivity index is 1.93. The highest BCUT2D eigenvalue weighted by Crippen LogP contribution is 2.27. The number of carbonyl (C=O) groups excluding carboxylic acids is 1. The maximum atomic E-state index is 12.6. The summed E-state index contributed by atoms with van der Waals surface area (Å²) in [5.41, 5.74) is 0. The summed E-state index contributed by atoms with van der Waals surface area (Å²) in [5.74, 6) is 0.00402. The predicted octanol–water partition coefficient (Wildman–Crippen LogP) is 2.17. The van der Waals surface area contributed by atoms with Crippen LogP contribution in [-0.2, 0) is 19.6 Å². The zero-order valence-corrected chi connectivity index (χ0v) is 13.7. The topological polar surface area (TPSA) is 63.7 Å². The van der Waals surface area contributed by atoms with E-state index in [1.54, 1.807) is 6.92 Å². The van der Waals surface area contributed by atoms with Crippen molar-refractivity contribution in [2.75, 3.05) is 25.4 Å². The molecule has 0 bridgehead atoms. The van der Waals surface area contributed by atoms with Gasteiger partial charge in [0.25, 0.3) is 0 Å². The molecule has 0 N–H and O–H groups in total. The van der Waals surface area contributed by atoms with E-state index in [0.717, 1.165) is 38.5 Å². The number of esters is 1. The minimum absolute atomic E-state index is 0.253. The van der Waals surface area contributed by atoms with Crippen LogP contribution < -0.4 is 0 Å². The molecular formula is C15H27NO4S. The van der Waals surface area contributed by atoms with Gasteiger partial charge in [0.05, 0.1) is 18.3 Å². The molecule has 6 heteroatoms. The summed E-state index contributed by atoms with van der Waals surface area (Å²) in [4.78, 5) is 11.8. The molecule has 1 atom stereocenters. The lowest BCUT2D eigenvalue weighted by Gasteiger charge is -2.32. The second kappa shape index (κ2) is 7.58. The molecule has 2 fully saturated rings. The molecule has 2 aliphatic rings. The summed E-state index contributed by atoms with van der Waals surface area (Å²) in [6.07, 6.45) is 7.03. The van der Waals surface area contributed by atoms with Crippen molar-refractivity contribution in [3.63, 3.8) is 0 Å². The summed E-state index contributed by atoms with van der Waals surface area (Å²) in [5, 5.41) is 0. The third-order valence-corrected chi connectivity index (χ3v) is 6.58. The van der Waals surface area contributed by atoms with Crippen molar-refractivity contribution in [2.45, 2.75) is 51.9 Å². The quantitative estimate of drug-likeness (QED) is 0.729. The summed E-state index contributed by atoms with van der Waals surface area (Å²) in [6, 6.07) is 0. The first kappa shape index (κ1) is 16.7. The van der Waals surface area contributed by atoms with E-state index in [-0.39, 0.29) is 17.6 Å². The summed E-state index contributed by atoms with van der Waals surface area (Å²) < 4.78 is 31.7. The van der Waals surface area contributed by atoms with Crippen LogP contribution in [0.3, 0.4) is 0 Å². The van der Waals surface area contributed by atoms with Crippen molar-refractivity contribution >= 4 is 16.0 Å². The van der Waals surface area contributed by atoms with E-state index in [2.05, 4.69) is 0 Å². The molecule has 122 valence electrons. The SMILES string of the molecule is CCOC(=O)[C@H]1CCCN(S(=O)(=O)CC2CCCCC2)C1. The van der Waals surface area contributed by atoms with Gasteiger partial charge in [-0.2, -0.15) is 0 Å². The Hall–Kier alpha value is -0.620. The standard InChI is InChI=1S/C15H27NO4S/c1-2-20-15(17)14-9-6-10-16(11-14)21(18,19)12-13-7-4-3-5-8-13/h13-14H,2-12H2,1H3/t14-/m0/s1. The van der Waals surface area contributed by atoms with E-state index >= 15 is 0 Å². The van der Waals surface area contributed by atoms with Crippen molar-refractivity contribution in [3.05, 3.63) is 0 Å². The smallest absolute Gasteiger partial charge is 0.310 e. The lowest BCUT2D eigenvalue weighted by molar-refractivity contribution is -0.149. The van der Waals surface area contributed by atoms with E-state index in [1.165, 1.54) is 10.7 Å². The molecule has 0 aromatic carbocycles.